The summed E-state index contributed by atoms with van der Waals surface area (Å²) in [6.45, 7) is 12.2. The van der Waals surface area contributed by atoms with E-state index in [1.807, 2.05) is 12.3 Å². The van der Waals surface area contributed by atoms with Crippen LogP contribution in [0.15, 0.2) is 30.5 Å². The Morgan fingerprint density at radius 3 is 2.57 bits per heavy atom. The van der Waals surface area contributed by atoms with E-state index in [-0.39, 0.29) is 11.8 Å². The molecule has 0 saturated carbocycles. The highest BCUT2D eigenvalue weighted by Crippen LogP contribution is 2.39. The molecular formula is C27H31ClN4O2S. The maximum absolute atomic E-state index is 12.1. The average Bonchev–Trinajstić information content (AvgIpc) is 3.39. The molecule has 0 radical (unpaired) electrons. The molecule has 0 aliphatic carbocycles. The third kappa shape index (κ3) is 4.87. The van der Waals surface area contributed by atoms with E-state index in [2.05, 4.69) is 53.8 Å². The number of halogens is 1. The molecule has 184 valence electrons. The van der Waals surface area contributed by atoms with Crippen molar-refractivity contribution in [3.8, 4) is 11.1 Å². The molecule has 1 aromatic carbocycles. The number of likely N-dealkylation sites (N-methyl/N-ethyl adjacent to an activating group) is 1. The second-order valence-corrected chi connectivity index (χ2v) is 11.2. The van der Waals surface area contributed by atoms with E-state index < -0.39 is 0 Å². The van der Waals surface area contributed by atoms with E-state index >= 15 is 0 Å². The molecule has 1 atom stereocenters. The molecule has 35 heavy (non-hydrogen) atoms. The summed E-state index contributed by atoms with van der Waals surface area (Å²) in [6, 6.07) is 8.66. The maximum atomic E-state index is 12.1. The zero-order chi connectivity index (χ0) is 24.7. The second-order valence-electron chi connectivity index (χ2n) is 9.62. The van der Waals surface area contributed by atoms with Crippen LogP contribution in [0.4, 0.5) is 0 Å². The van der Waals surface area contributed by atoms with Crippen LogP contribution in [0.5, 0.6) is 0 Å². The fourth-order valence-corrected chi connectivity index (χ4v) is 6.66. The number of carbonyl (C=O) groups is 2. The fourth-order valence-electron chi connectivity index (χ4n) is 5.25. The molecular weight excluding hydrogens is 480 g/mol. The van der Waals surface area contributed by atoms with E-state index in [1.165, 1.54) is 16.0 Å². The topological polar surface area (TPSA) is 56.8 Å². The summed E-state index contributed by atoms with van der Waals surface area (Å²) in [5.74, 6) is -0.184. The molecule has 2 fully saturated rings. The molecule has 2 aliphatic heterocycles. The predicted octanol–water partition coefficient (Wildman–Crippen LogP) is 5.10. The van der Waals surface area contributed by atoms with Gasteiger partial charge in [0.25, 0.3) is 0 Å². The minimum Gasteiger partial charge on any atom is -0.301 e. The number of nitrogens with zero attached hydrogens (tertiary/aromatic N) is 4. The van der Waals surface area contributed by atoms with Crippen molar-refractivity contribution in [2.45, 2.75) is 52.7 Å². The van der Waals surface area contributed by atoms with Crippen LogP contribution in [0.3, 0.4) is 0 Å². The smallest absolute Gasteiger partial charge is 0.230 e. The van der Waals surface area contributed by atoms with Gasteiger partial charge in [-0.25, -0.2) is 0 Å². The van der Waals surface area contributed by atoms with Crippen LogP contribution >= 0.6 is 22.9 Å². The van der Waals surface area contributed by atoms with Crippen molar-refractivity contribution in [3.63, 3.8) is 0 Å². The van der Waals surface area contributed by atoms with Crippen molar-refractivity contribution in [1.82, 2.24) is 19.7 Å². The number of imide groups is 1. The number of piperazine rings is 1. The zero-order valence-electron chi connectivity index (χ0n) is 20.5. The van der Waals surface area contributed by atoms with Crippen molar-refractivity contribution in [3.05, 3.63) is 51.5 Å². The Morgan fingerprint density at radius 2 is 1.86 bits per heavy atom. The number of hydrogen-bond acceptors (Lipinski definition) is 6. The van der Waals surface area contributed by atoms with Gasteiger partial charge in [-0.3, -0.25) is 24.4 Å². The van der Waals surface area contributed by atoms with Crippen LogP contribution in [0.2, 0.25) is 5.02 Å². The number of likely N-dealkylation sites (tertiary alicyclic amines) is 1. The van der Waals surface area contributed by atoms with Gasteiger partial charge in [-0.05, 0) is 61.3 Å². The van der Waals surface area contributed by atoms with E-state index in [0.717, 1.165) is 64.0 Å². The van der Waals surface area contributed by atoms with Gasteiger partial charge in [-0.2, -0.15) is 0 Å². The number of carbonyl (C=O) groups excluding carboxylic acids is 2. The van der Waals surface area contributed by atoms with Gasteiger partial charge in [0.1, 0.15) is 0 Å². The first-order valence-electron chi connectivity index (χ1n) is 12.3. The molecule has 5 rings (SSSR count). The van der Waals surface area contributed by atoms with Crippen molar-refractivity contribution in [2.75, 3.05) is 26.2 Å². The summed E-state index contributed by atoms with van der Waals surface area (Å²) >= 11 is 8.18. The first-order chi connectivity index (χ1) is 16.8. The first kappa shape index (κ1) is 24.4. The van der Waals surface area contributed by atoms with Crippen LogP contribution in [0.1, 0.15) is 42.7 Å². The zero-order valence-corrected chi connectivity index (χ0v) is 22.1. The lowest BCUT2D eigenvalue weighted by Crippen LogP contribution is -2.51. The maximum Gasteiger partial charge on any atom is 0.230 e. The molecule has 0 N–H and O–H groups in total. The monoisotopic (exact) mass is 510 g/mol. The lowest BCUT2D eigenvalue weighted by molar-refractivity contribution is -0.138. The lowest BCUT2D eigenvalue weighted by atomic mass is 9.95. The molecule has 0 spiro atoms. The minimum absolute atomic E-state index is 0.0920. The molecule has 0 bridgehead atoms. The van der Waals surface area contributed by atoms with E-state index in [0.29, 0.717) is 25.4 Å². The Kier molecular flexibility index (Phi) is 6.95. The highest BCUT2D eigenvalue weighted by atomic mass is 35.5. The number of rotatable bonds is 6. The van der Waals surface area contributed by atoms with Gasteiger partial charge >= 0.3 is 0 Å². The Morgan fingerprint density at radius 1 is 1.09 bits per heavy atom. The Labute approximate surface area is 215 Å². The lowest BCUT2D eigenvalue weighted by Gasteiger charge is -2.40. The normalized spacial score (nSPS) is 19.9. The first-order valence-corrected chi connectivity index (χ1v) is 13.5. The fraction of sp³-hybridized carbons (Fsp3) is 0.444. The minimum atomic E-state index is -0.0920. The number of benzene rings is 1. The number of fused-ring (bicyclic) bond motifs is 1. The van der Waals surface area contributed by atoms with Crippen molar-refractivity contribution in [1.29, 1.82) is 0 Å². The standard InChI is InChI=1S/C27H31ClN4O2S/c1-4-30-9-10-31(18(3)14-30)16-23-17(2)11-19(28)12-22(23)21-7-8-29-24-13-20(35-27(21)24)15-32-25(33)5-6-26(32)34/h7-8,11-13,18H,4-6,9-10,14-16H2,1-3H3. The number of amides is 2. The van der Waals surface area contributed by atoms with Crippen LogP contribution in [-0.2, 0) is 22.7 Å². The molecule has 4 heterocycles. The van der Waals surface area contributed by atoms with Crippen molar-refractivity contribution < 1.29 is 9.59 Å². The highest BCUT2D eigenvalue weighted by molar-refractivity contribution is 7.19. The molecule has 2 saturated heterocycles. The van der Waals surface area contributed by atoms with Crippen LogP contribution in [0, 0.1) is 6.92 Å². The molecule has 6 nitrogen and oxygen atoms in total. The molecule has 2 amide bonds. The van der Waals surface area contributed by atoms with Gasteiger partial charge in [-0.1, -0.05) is 18.5 Å². The SMILES string of the molecule is CCN1CCN(Cc2c(C)cc(Cl)cc2-c2ccnc3cc(CN4C(=O)CCC4=O)sc23)C(C)C1. The van der Waals surface area contributed by atoms with Gasteiger partial charge in [-0.15, -0.1) is 11.3 Å². The number of hydrogen-bond donors (Lipinski definition) is 0. The molecule has 8 heteroatoms. The summed E-state index contributed by atoms with van der Waals surface area (Å²) in [4.78, 5) is 36.3. The van der Waals surface area contributed by atoms with E-state index in [1.54, 1.807) is 11.3 Å². The average molecular weight is 511 g/mol. The highest BCUT2D eigenvalue weighted by Gasteiger charge is 2.29. The van der Waals surface area contributed by atoms with Crippen LogP contribution in [0.25, 0.3) is 21.3 Å². The Balaban J connectivity index is 1.51. The van der Waals surface area contributed by atoms with E-state index in [4.69, 9.17) is 11.6 Å². The van der Waals surface area contributed by atoms with Crippen LogP contribution in [-0.4, -0.2) is 63.7 Å². The molecule has 3 aromatic rings. The Hall–Kier alpha value is -2.32. The molecule has 2 aromatic heterocycles. The third-order valence-electron chi connectivity index (χ3n) is 7.32. The largest absolute Gasteiger partial charge is 0.301 e. The van der Waals surface area contributed by atoms with Gasteiger partial charge in [0.2, 0.25) is 11.8 Å². The second kappa shape index (κ2) is 9.97. The molecule has 2 aliphatic rings. The summed E-state index contributed by atoms with van der Waals surface area (Å²) < 4.78 is 1.06. The van der Waals surface area contributed by atoms with Gasteiger partial charge in [0.15, 0.2) is 0 Å². The summed E-state index contributed by atoms with van der Waals surface area (Å²) in [5, 5.41) is 0.722. The number of thiophene rings is 1. The van der Waals surface area contributed by atoms with Gasteiger partial charge in [0.05, 0.1) is 16.8 Å². The molecule has 1 unspecified atom stereocenters. The number of aromatic nitrogens is 1. The summed E-state index contributed by atoms with van der Waals surface area (Å²) in [5.41, 5.74) is 5.60. The Bertz CT molecular complexity index is 1270. The summed E-state index contributed by atoms with van der Waals surface area (Å²) in [7, 11) is 0. The van der Waals surface area contributed by atoms with Crippen molar-refractivity contribution in [2.24, 2.45) is 0 Å². The van der Waals surface area contributed by atoms with Crippen LogP contribution < -0.4 is 0 Å². The summed E-state index contributed by atoms with van der Waals surface area (Å²) in [6.07, 6.45) is 2.45. The number of aryl methyl sites for hydroxylation is 1. The third-order valence-corrected chi connectivity index (χ3v) is 8.68. The number of pyridine rings is 1. The van der Waals surface area contributed by atoms with Gasteiger partial charge in [0, 0.05) is 66.7 Å². The quantitative estimate of drug-likeness (QED) is 0.432. The van der Waals surface area contributed by atoms with Crippen molar-refractivity contribution >= 4 is 45.0 Å². The van der Waals surface area contributed by atoms with Gasteiger partial charge < -0.3 is 4.90 Å². The predicted molar refractivity (Wildman–Crippen MR) is 142 cm³/mol. The van der Waals surface area contributed by atoms with E-state index in [9.17, 15) is 9.59 Å².